The Balaban J connectivity index is 2.14. The normalized spacial score (nSPS) is 20.5. The Labute approximate surface area is 98.7 Å². The lowest BCUT2D eigenvalue weighted by Crippen LogP contribution is -2.21. The van der Waals surface area contributed by atoms with Gasteiger partial charge in [0.05, 0.1) is 5.60 Å². The quantitative estimate of drug-likeness (QED) is 0.849. The van der Waals surface area contributed by atoms with E-state index in [0.717, 1.165) is 17.9 Å². The first kappa shape index (κ1) is 10.4. The van der Waals surface area contributed by atoms with Crippen LogP contribution in [0.3, 0.4) is 0 Å². The van der Waals surface area contributed by atoms with Crippen LogP contribution in [0.4, 0.5) is 0 Å². The predicted octanol–water partition coefficient (Wildman–Crippen LogP) is 3.30. The molecule has 1 saturated carbocycles. The van der Waals surface area contributed by atoms with Gasteiger partial charge < -0.3 is 5.11 Å². The molecule has 0 amide bonds. The van der Waals surface area contributed by atoms with E-state index in [1.165, 1.54) is 16.4 Å². The molecule has 0 heterocycles. The lowest BCUT2D eigenvalue weighted by atomic mass is 9.90. The van der Waals surface area contributed by atoms with Crippen LogP contribution >= 0.6 is 22.6 Å². The third kappa shape index (κ3) is 2.48. The van der Waals surface area contributed by atoms with Gasteiger partial charge >= 0.3 is 0 Å². The molecule has 1 aromatic rings. The lowest BCUT2D eigenvalue weighted by molar-refractivity contribution is 0.0417. The topological polar surface area (TPSA) is 20.2 Å². The zero-order valence-corrected chi connectivity index (χ0v) is 10.5. The van der Waals surface area contributed by atoms with E-state index in [1.54, 1.807) is 0 Å². The zero-order valence-electron chi connectivity index (χ0n) is 8.33. The van der Waals surface area contributed by atoms with Gasteiger partial charge in [-0.25, -0.2) is 0 Å². The van der Waals surface area contributed by atoms with E-state index in [-0.39, 0.29) is 0 Å². The molecule has 1 fully saturated rings. The maximum absolute atomic E-state index is 10.3. The molecule has 1 aliphatic carbocycles. The fourth-order valence-corrected chi connectivity index (χ4v) is 2.17. The van der Waals surface area contributed by atoms with Crippen LogP contribution in [-0.2, 0) is 5.60 Å². The Morgan fingerprint density at radius 2 is 1.93 bits per heavy atom. The minimum Gasteiger partial charge on any atom is -0.385 e. The third-order valence-electron chi connectivity index (χ3n) is 2.85. The highest BCUT2D eigenvalue weighted by atomic mass is 127. The number of rotatable bonds is 3. The Kier molecular flexibility index (Phi) is 2.84. The van der Waals surface area contributed by atoms with E-state index in [9.17, 15) is 5.11 Å². The highest BCUT2D eigenvalue weighted by molar-refractivity contribution is 14.1. The minimum atomic E-state index is -0.633. The number of halogens is 1. The Hall–Kier alpha value is -0.0900. The second-order valence-electron chi connectivity index (χ2n) is 4.43. The van der Waals surface area contributed by atoms with Crippen LogP contribution in [0.25, 0.3) is 0 Å². The van der Waals surface area contributed by atoms with Gasteiger partial charge in [-0.2, -0.15) is 0 Å². The van der Waals surface area contributed by atoms with Crippen molar-refractivity contribution in [1.29, 1.82) is 0 Å². The van der Waals surface area contributed by atoms with Gasteiger partial charge in [-0.15, -0.1) is 0 Å². The first-order chi connectivity index (χ1) is 6.58. The van der Waals surface area contributed by atoms with Crippen molar-refractivity contribution in [1.82, 2.24) is 0 Å². The summed E-state index contributed by atoms with van der Waals surface area (Å²) in [7, 11) is 0. The maximum Gasteiger partial charge on any atom is 0.0871 e. The van der Waals surface area contributed by atoms with Crippen LogP contribution in [0.15, 0.2) is 24.3 Å². The molecular formula is C12H15IO. The van der Waals surface area contributed by atoms with Crippen LogP contribution in [-0.4, -0.2) is 5.11 Å². The van der Waals surface area contributed by atoms with Crippen molar-refractivity contribution in [3.05, 3.63) is 33.4 Å². The monoisotopic (exact) mass is 302 g/mol. The molecular weight excluding hydrogens is 287 g/mol. The van der Waals surface area contributed by atoms with Crippen molar-refractivity contribution in [2.45, 2.75) is 31.8 Å². The Bertz CT molecular complexity index is 312. The van der Waals surface area contributed by atoms with E-state index in [2.05, 4.69) is 34.7 Å². The first-order valence-corrected chi connectivity index (χ1v) is 6.14. The van der Waals surface area contributed by atoms with Crippen molar-refractivity contribution >= 4 is 22.6 Å². The lowest BCUT2D eigenvalue weighted by Gasteiger charge is -2.23. The second-order valence-corrected chi connectivity index (χ2v) is 5.67. The Morgan fingerprint density at radius 1 is 1.36 bits per heavy atom. The van der Waals surface area contributed by atoms with Gasteiger partial charge in [-0.1, -0.05) is 25.0 Å². The van der Waals surface area contributed by atoms with E-state index < -0.39 is 5.60 Å². The van der Waals surface area contributed by atoms with E-state index in [0.29, 0.717) is 0 Å². The summed E-state index contributed by atoms with van der Waals surface area (Å²) in [5.41, 5.74) is 0.413. The van der Waals surface area contributed by atoms with Crippen LogP contribution in [0.5, 0.6) is 0 Å². The first-order valence-electron chi connectivity index (χ1n) is 5.06. The minimum absolute atomic E-state index is 0.633. The molecule has 76 valence electrons. The molecule has 0 spiro atoms. The molecule has 0 saturated heterocycles. The van der Waals surface area contributed by atoms with Gasteiger partial charge in [0.15, 0.2) is 0 Å². The van der Waals surface area contributed by atoms with Crippen molar-refractivity contribution < 1.29 is 5.11 Å². The fourth-order valence-electron chi connectivity index (χ4n) is 1.81. The summed E-state index contributed by atoms with van der Waals surface area (Å²) in [4.78, 5) is 0. The standard InChI is InChI=1S/C12H15IO/c1-12(14,8-9-2-3-9)10-4-6-11(13)7-5-10/h4-7,9,14H,2-3,8H2,1H3. The van der Waals surface area contributed by atoms with Gasteiger partial charge in [0, 0.05) is 3.57 Å². The average molecular weight is 302 g/mol. The highest BCUT2D eigenvalue weighted by Crippen LogP contribution is 2.40. The number of hydrogen-bond donors (Lipinski definition) is 1. The van der Waals surface area contributed by atoms with Gasteiger partial charge in [0.25, 0.3) is 0 Å². The maximum atomic E-state index is 10.3. The fraction of sp³-hybridized carbons (Fsp3) is 0.500. The molecule has 1 aliphatic rings. The van der Waals surface area contributed by atoms with E-state index in [1.807, 2.05) is 19.1 Å². The molecule has 1 aromatic carbocycles. The summed E-state index contributed by atoms with van der Waals surface area (Å²) in [5.74, 6) is 0.754. The molecule has 1 nitrogen and oxygen atoms in total. The third-order valence-corrected chi connectivity index (χ3v) is 3.57. The van der Waals surface area contributed by atoms with Crippen molar-refractivity contribution in [3.8, 4) is 0 Å². The van der Waals surface area contributed by atoms with Crippen molar-refractivity contribution in [2.24, 2.45) is 5.92 Å². The van der Waals surface area contributed by atoms with E-state index >= 15 is 0 Å². The summed E-state index contributed by atoms with van der Waals surface area (Å²) in [6.07, 6.45) is 3.49. The summed E-state index contributed by atoms with van der Waals surface area (Å²) >= 11 is 2.28. The Morgan fingerprint density at radius 3 is 2.43 bits per heavy atom. The molecule has 0 aromatic heterocycles. The molecule has 2 rings (SSSR count). The molecule has 0 radical (unpaired) electrons. The molecule has 1 unspecified atom stereocenters. The SMILES string of the molecule is CC(O)(CC1CC1)c1ccc(I)cc1. The molecule has 0 bridgehead atoms. The zero-order chi connectivity index (χ0) is 10.2. The molecule has 0 aliphatic heterocycles. The number of hydrogen-bond acceptors (Lipinski definition) is 1. The largest absolute Gasteiger partial charge is 0.385 e. The van der Waals surface area contributed by atoms with Crippen molar-refractivity contribution in [3.63, 3.8) is 0 Å². The summed E-state index contributed by atoms with van der Waals surface area (Å²) in [6, 6.07) is 8.17. The second kappa shape index (κ2) is 3.81. The van der Waals surface area contributed by atoms with Gasteiger partial charge in [0.2, 0.25) is 0 Å². The summed E-state index contributed by atoms with van der Waals surface area (Å²) < 4.78 is 1.22. The van der Waals surface area contributed by atoms with Crippen LogP contribution in [0.1, 0.15) is 31.7 Å². The van der Waals surface area contributed by atoms with Crippen LogP contribution in [0, 0.1) is 9.49 Å². The van der Waals surface area contributed by atoms with Gasteiger partial charge in [-0.05, 0) is 59.5 Å². The van der Waals surface area contributed by atoms with Crippen LogP contribution in [0.2, 0.25) is 0 Å². The van der Waals surface area contributed by atoms with E-state index in [4.69, 9.17) is 0 Å². The van der Waals surface area contributed by atoms with Crippen LogP contribution < -0.4 is 0 Å². The molecule has 2 heteroatoms. The molecule has 1 atom stereocenters. The molecule has 1 N–H and O–H groups in total. The predicted molar refractivity (Wildman–Crippen MR) is 66.1 cm³/mol. The van der Waals surface area contributed by atoms with Gasteiger partial charge in [0.1, 0.15) is 0 Å². The average Bonchev–Trinajstić information content (AvgIpc) is 2.88. The highest BCUT2D eigenvalue weighted by Gasteiger charge is 2.32. The van der Waals surface area contributed by atoms with Gasteiger partial charge in [-0.3, -0.25) is 0 Å². The summed E-state index contributed by atoms with van der Waals surface area (Å²) in [6.45, 7) is 1.92. The number of benzene rings is 1. The number of aliphatic hydroxyl groups is 1. The smallest absolute Gasteiger partial charge is 0.0871 e. The summed E-state index contributed by atoms with van der Waals surface area (Å²) in [5, 5.41) is 10.3. The van der Waals surface area contributed by atoms with Crippen molar-refractivity contribution in [2.75, 3.05) is 0 Å². The molecule has 14 heavy (non-hydrogen) atoms.